The van der Waals surface area contributed by atoms with Crippen LogP contribution in [0.4, 0.5) is 0 Å². The number of thioether (sulfide) groups is 1. The molecule has 7 heteroatoms. The Morgan fingerprint density at radius 1 is 1.50 bits per heavy atom. The number of hydrogen-bond donors (Lipinski definition) is 1. The normalized spacial score (nSPS) is 21.0. The lowest BCUT2D eigenvalue weighted by Gasteiger charge is -2.30. The van der Waals surface area contributed by atoms with Crippen molar-refractivity contribution in [3.05, 3.63) is 23.9 Å². The first kappa shape index (κ1) is 15.8. The Morgan fingerprint density at radius 3 is 2.90 bits per heavy atom. The van der Waals surface area contributed by atoms with E-state index in [0.29, 0.717) is 24.9 Å². The predicted molar refractivity (Wildman–Crippen MR) is 82.3 cm³/mol. The summed E-state index contributed by atoms with van der Waals surface area (Å²) < 4.78 is 26.7. The minimum Gasteiger partial charge on any atom is -0.316 e. The number of hydrogen-bond acceptors (Lipinski definition) is 5. The number of rotatable bonds is 5. The molecule has 0 saturated carbocycles. The number of pyridine rings is 1. The van der Waals surface area contributed by atoms with E-state index in [1.807, 2.05) is 24.9 Å². The van der Waals surface area contributed by atoms with Crippen LogP contribution in [0.1, 0.15) is 18.9 Å². The summed E-state index contributed by atoms with van der Waals surface area (Å²) in [5, 5.41) is 3.56. The number of nitrogens with zero attached hydrogens (tertiary/aromatic N) is 2. The monoisotopic (exact) mass is 315 g/mol. The van der Waals surface area contributed by atoms with Gasteiger partial charge in [-0.3, -0.25) is 0 Å². The van der Waals surface area contributed by atoms with Crippen molar-refractivity contribution in [2.24, 2.45) is 0 Å². The van der Waals surface area contributed by atoms with Gasteiger partial charge in [-0.25, -0.2) is 13.4 Å². The summed E-state index contributed by atoms with van der Waals surface area (Å²) in [6.45, 7) is 3.94. The average Bonchev–Trinajstić information content (AvgIpc) is 2.48. The molecule has 112 valence electrons. The second kappa shape index (κ2) is 6.89. The molecule has 0 aromatic carbocycles. The third-order valence-electron chi connectivity index (χ3n) is 3.34. The molecule has 2 rings (SSSR count). The van der Waals surface area contributed by atoms with Gasteiger partial charge in [-0.2, -0.15) is 16.1 Å². The van der Waals surface area contributed by atoms with Crippen molar-refractivity contribution >= 4 is 21.8 Å². The van der Waals surface area contributed by atoms with Crippen molar-refractivity contribution in [2.45, 2.75) is 30.2 Å². The zero-order valence-electron chi connectivity index (χ0n) is 11.9. The third-order valence-corrected chi connectivity index (χ3v) is 6.49. The minimum atomic E-state index is -3.45. The lowest BCUT2D eigenvalue weighted by atomic mass is 10.3. The van der Waals surface area contributed by atoms with Gasteiger partial charge in [-0.05, 0) is 25.1 Å². The lowest BCUT2D eigenvalue weighted by molar-refractivity contribution is 0.414. The van der Waals surface area contributed by atoms with E-state index >= 15 is 0 Å². The first-order valence-corrected chi connectivity index (χ1v) is 9.28. The summed E-state index contributed by atoms with van der Waals surface area (Å²) in [4.78, 5) is 4.12. The average molecular weight is 315 g/mol. The molecule has 1 aliphatic heterocycles. The molecule has 1 N–H and O–H groups in total. The van der Waals surface area contributed by atoms with Crippen molar-refractivity contribution in [3.63, 3.8) is 0 Å². The van der Waals surface area contributed by atoms with Gasteiger partial charge in [0.05, 0.1) is 0 Å². The first-order chi connectivity index (χ1) is 9.57. The maximum atomic E-state index is 12.6. The third kappa shape index (κ3) is 3.52. The Bertz CT molecular complexity index is 531. The van der Waals surface area contributed by atoms with Crippen LogP contribution >= 0.6 is 11.8 Å². The van der Waals surface area contributed by atoms with E-state index in [1.54, 1.807) is 16.6 Å². The van der Waals surface area contributed by atoms with Crippen molar-refractivity contribution < 1.29 is 8.42 Å². The minimum absolute atomic E-state index is 0.152. The van der Waals surface area contributed by atoms with E-state index in [2.05, 4.69) is 17.2 Å². The van der Waals surface area contributed by atoms with E-state index in [1.165, 1.54) is 0 Å². The van der Waals surface area contributed by atoms with Gasteiger partial charge in [0.25, 0.3) is 10.0 Å². The topological polar surface area (TPSA) is 62.3 Å². The van der Waals surface area contributed by atoms with Gasteiger partial charge in [-0.1, -0.05) is 13.0 Å². The summed E-state index contributed by atoms with van der Waals surface area (Å²) in [6, 6.07) is 3.41. The van der Waals surface area contributed by atoms with Gasteiger partial charge in [0.2, 0.25) is 0 Å². The van der Waals surface area contributed by atoms with E-state index in [9.17, 15) is 8.42 Å². The second-order valence-corrected chi connectivity index (χ2v) is 8.09. The van der Waals surface area contributed by atoms with E-state index in [4.69, 9.17) is 0 Å². The van der Waals surface area contributed by atoms with Crippen LogP contribution in [-0.4, -0.2) is 48.8 Å². The van der Waals surface area contributed by atoms with Gasteiger partial charge in [0.1, 0.15) is 0 Å². The molecule has 0 aliphatic carbocycles. The molecular formula is C13H21N3O2S2. The van der Waals surface area contributed by atoms with E-state index < -0.39 is 10.0 Å². The van der Waals surface area contributed by atoms with Crippen LogP contribution in [0.3, 0.4) is 0 Å². The highest BCUT2D eigenvalue weighted by Gasteiger charge is 2.30. The smallest absolute Gasteiger partial charge is 0.260 e. The SMILES string of the molecule is CCC1CN(S(=O)(=O)c2ccc(CNC)cn2)CCS1. The fraction of sp³-hybridized carbons (Fsp3) is 0.615. The van der Waals surface area contributed by atoms with Crippen molar-refractivity contribution in [3.8, 4) is 0 Å². The molecule has 1 fully saturated rings. The van der Waals surface area contributed by atoms with Crippen molar-refractivity contribution in [1.29, 1.82) is 0 Å². The molecule has 5 nitrogen and oxygen atoms in total. The molecule has 0 spiro atoms. The summed E-state index contributed by atoms with van der Waals surface area (Å²) in [7, 11) is -1.60. The van der Waals surface area contributed by atoms with Crippen LogP contribution < -0.4 is 5.32 Å². The Hall–Kier alpha value is -0.630. The van der Waals surface area contributed by atoms with E-state index in [0.717, 1.165) is 17.7 Å². The Balaban J connectivity index is 2.16. The molecule has 0 bridgehead atoms. The van der Waals surface area contributed by atoms with Gasteiger partial charge in [-0.15, -0.1) is 0 Å². The molecule has 1 aliphatic rings. The Morgan fingerprint density at radius 2 is 2.30 bits per heavy atom. The summed E-state index contributed by atoms with van der Waals surface area (Å²) in [6.07, 6.45) is 2.62. The van der Waals surface area contributed by atoms with Crippen molar-refractivity contribution in [2.75, 3.05) is 25.9 Å². The fourth-order valence-corrected chi connectivity index (χ4v) is 4.95. The summed E-state index contributed by atoms with van der Waals surface area (Å²) >= 11 is 1.85. The second-order valence-electron chi connectivity index (χ2n) is 4.80. The maximum absolute atomic E-state index is 12.6. The highest BCUT2D eigenvalue weighted by Crippen LogP contribution is 2.25. The lowest BCUT2D eigenvalue weighted by Crippen LogP contribution is -2.41. The molecule has 1 aromatic rings. The van der Waals surface area contributed by atoms with Crippen LogP contribution in [0.15, 0.2) is 23.4 Å². The molecule has 0 radical (unpaired) electrons. The fourth-order valence-electron chi connectivity index (χ4n) is 2.16. The Kier molecular flexibility index (Phi) is 5.42. The maximum Gasteiger partial charge on any atom is 0.260 e. The van der Waals surface area contributed by atoms with Gasteiger partial charge >= 0.3 is 0 Å². The van der Waals surface area contributed by atoms with Gasteiger partial charge < -0.3 is 5.32 Å². The summed E-state index contributed by atoms with van der Waals surface area (Å²) in [5.41, 5.74) is 0.979. The Labute approximate surface area is 125 Å². The molecule has 2 heterocycles. The highest BCUT2D eigenvalue weighted by atomic mass is 32.2. The van der Waals surface area contributed by atoms with Crippen LogP contribution in [0.2, 0.25) is 0 Å². The first-order valence-electron chi connectivity index (χ1n) is 6.79. The molecule has 1 aromatic heterocycles. The molecule has 1 unspecified atom stereocenters. The zero-order chi connectivity index (χ0) is 14.6. The summed E-state index contributed by atoms with van der Waals surface area (Å²) in [5.74, 6) is 0.857. The van der Waals surface area contributed by atoms with Crippen LogP contribution in [0.25, 0.3) is 0 Å². The molecule has 1 atom stereocenters. The van der Waals surface area contributed by atoms with Crippen LogP contribution in [0, 0.1) is 0 Å². The molecule has 0 amide bonds. The van der Waals surface area contributed by atoms with Gasteiger partial charge in [0, 0.05) is 36.8 Å². The zero-order valence-corrected chi connectivity index (χ0v) is 13.5. The standard InChI is InChI=1S/C13H21N3O2S2/c1-3-12-10-16(6-7-19-12)20(17,18)13-5-4-11(8-14-2)9-15-13/h4-5,9,12,14H,3,6-8,10H2,1-2H3. The quantitative estimate of drug-likeness (QED) is 0.888. The van der Waals surface area contributed by atoms with Gasteiger partial charge in [0.15, 0.2) is 5.03 Å². The van der Waals surface area contributed by atoms with Crippen LogP contribution in [-0.2, 0) is 16.6 Å². The predicted octanol–water partition coefficient (Wildman–Crippen LogP) is 1.32. The number of nitrogens with one attached hydrogen (secondary N) is 1. The van der Waals surface area contributed by atoms with Crippen molar-refractivity contribution in [1.82, 2.24) is 14.6 Å². The number of aromatic nitrogens is 1. The molecule has 20 heavy (non-hydrogen) atoms. The van der Waals surface area contributed by atoms with Crippen LogP contribution in [0.5, 0.6) is 0 Å². The molecule has 1 saturated heterocycles. The van der Waals surface area contributed by atoms with E-state index in [-0.39, 0.29) is 5.03 Å². The number of sulfonamides is 1. The molecular weight excluding hydrogens is 294 g/mol. The largest absolute Gasteiger partial charge is 0.316 e. The highest BCUT2D eigenvalue weighted by molar-refractivity contribution is 8.00.